The van der Waals surface area contributed by atoms with Crippen LogP contribution in [0.3, 0.4) is 0 Å². The van der Waals surface area contributed by atoms with Crippen molar-refractivity contribution in [2.45, 2.75) is 6.42 Å². The molecule has 1 rings (SSSR count). The van der Waals surface area contributed by atoms with Crippen LogP contribution < -0.4 is 5.73 Å². The molecule has 1 aliphatic heterocycles. The van der Waals surface area contributed by atoms with E-state index in [-0.39, 0.29) is 0 Å². The highest BCUT2D eigenvalue weighted by atomic mass is 32.3. The Morgan fingerprint density at radius 2 is 1.61 bits per heavy atom. The molecular formula is C9H21N3O4S2. The quantitative estimate of drug-likeness (QED) is 0.626. The van der Waals surface area contributed by atoms with E-state index >= 15 is 0 Å². The van der Waals surface area contributed by atoms with Gasteiger partial charge in [0.05, 0.1) is 0 Å². The topological polar surface area (TPSA) is 101 Å². The molecule has 1 aliphatic rings. The van der Waals surface area contributed by atoms with Gasteiger partial charge < -0.3 is 10.6 Å². The molecule has 0 aromatic rings. The second-order valence-electron chi connectivity index (χ2n) is 4.54. The number of rotatable bonds is 6. The smallest absolute Gasteiger partial charge is 0.228 e. The second-order valence-corrected chi connectivity index (χ2v) is 9.01. The van der Waals surface area contributed by atoms with Crippen LogP contribution in [-0.4, -0.2) is 76.6 Å². The van der Waals surface area contributed by atoms with Crippen LogP contribution in [0.25, 0.3) is 0 Å². The molecule has 0 atom stereocenters. The molecule has 0 radical (unpaired) electrons. The van der Waals surface area contributed by atoms with Crippen LogP contribution in [0, 0.1) is 0 Å². The molecule has 0 aromatic heterocycles. The number of nitrogens with two attached hydrogens (primary N) is 1. The third-order valence-corrected chi connectivity index (χ3v) is 6.82. The van der Waals surface area contributed by atoms with E-state index in [1.54, 1.807) is 0 Å². The molecule has 2 N–H and O–H groups in total. The zero-order chi connectivity index (χ0) is 13.8. The minimum Gasteiger partial charge on any atom is -0.330 e. The molecule has 9 heteroatoms. The number of hydrogen-bond acceptors (Lipinski definition) is 6. The van der Waals surface area contributed by atoms with Crippen molar-refractivity contribution in [3.63, 3.8) is 0 Å². The predicted molar refractivity (Wildman–Crippen MR) is 70.3 cm³/mol. The van der Waals surface area contributed by atoms with Gasteiger partial charge >= 0.3 is 0 Å². The van der Waals surface area contributed by atoms with Crippen LogP contribution in [-0.2, 0) is 19.9 Å². The Morgan fingerprint density at radius 3 is 2.06 bits per heavy atom. The van der Waals surface area contributed by atoms with Crippen molar-refractivity contribution >= 4 is 19.9 Å². The lowest BCUT2D eigenvalue weighted by molar-refractivity contribution is 0.188. The molecule has 0 unspecified atom stereocenters. The summed E-state index contributed by atoms with van der Waals surface area (Å²) < 4.78 is 47.0. The van der Waals surface area contributed by atoms with Crippen molar-refractivity contribution in [1.29, 1.82) is 0 Å². The average molecular weight is 299 g/mol. The van der Waals surface area contributed by atoms with Crippen molar-refractivity contribution in [2.24, 2.45) is 5.73 Å². The van der Waals surface area contributed by atoms with Gasteiger partial charge in [0, 0.05) is 32.4 Å². The summed E-state index contributed by atoms with van der Waals surface area (Å²) in [6.45, 7) is 3.43. The third-order valence-electron chi connectivity index (χ3n) is 2.77. The lowest BCUT2D eigenvalue weighted by Crippen LogP contribution is -2.50. The van der Waals surface area contributed by atoms with Gasteiger partial charge in [0.15, 0.2) is 14.9 Å². The first-order valence-corrected chi connectivity index (χ1v) is 9.49. The fraction of sp³-hybridized carbons (Fsp3) is 1.00. The van der Waals surface area contributed by atoms with Gasteiger partial charge in [0.1, 0.15) is 0 Å². The van der Waals surface area contributed by atoms with E-state index in [1.165, 1.54) is 4.31 Å². The average Bonchev–Trinajstić information content (AvgIpc) is 2.23. The summed E-state index contributed by atoms with van der Waals surface area (Å²) in [5, 5.41) is -0.803. The Bertz CT molecular complexity index is 452. The standard InChI is InChI=1S/C9H21N3O4S2/c1-17(13,14)9-18(15,16)12-7-5-11(6-8-12)4-2-3-10/h2-10H2,1H3. The summed E-state index contributed by atoms with van der Waals surface area (Å²) in [4.78, 5) is 2.14. The van der Waals surface area contributed by atoms with Crippen LogP contribution >= 0.6 is 0 Å². The van der Waals surface area contributed by atoms with Gasteiger partial charge in [-0.3, -0.25) is 0 Å². The molecule has 1 heterocycles. The molecule has 7 nitrogen and oxygen atoms in total. The van der Waals surface area contributed by atoms with Gasteiger partial charge in [0.2, 0.25) is 10.0 Å². The lowest BCUT2D eigenvalue weighted by atomic mass is 10.3. The summed E-state index contributed by atoms with van der Waals surface area (Å²) in [6, 6.07) is 0. The van der Waals surface area contributed by atoms with Gasteiger partial charge in [-0.05, 0) is 19.5 Å². The molecule has 1 saturated heterocycles. The molecule has 0 aliphatic carbocycles. The van der Waals surface area contributed by atoms with Crippen molar-refractivity contribution in [1.82, 2.24) is 9.21 Å². The zero-order valence-corrected chi connectivity index (χ0v) is 12.2. The fourth-order valence-electron chi connectivity index (χ4n) is 1.89. The summed E-state index contributed by atoms with van der Waals surface area (Å²) >= 11 is 0. The highest BCUT2D eigenvalue weighted by Gasteiger charge is 2.29. The van der Waals surface area contributed by atoms with Crippen LogP contribution in [0.5, 0.6) is 0 Å². The summed E-state index contributed by atoms with van der Waals surface area (Å²) in [5.41, 5.74) is 5.41. The first kappa shape index (κ1) is 15.8. The molecule has 18 heavy (non-hydrogen) atoms. The van der Waals surface area contributed by atoms with Gasteiger partial charge in [-0.25, -0.2) is 16.8 Å². The van der Waals surface area contributed by atoms with Crippen LogP contribution in [0.4, 0.5) is 0 Å². The minimum atomic E-state index is -3.69. The molecule has 0 aromatic carbocycles. The maximum absolute atomic E-state index is 11.8. The highest BCUT2D eigenvalue weighted by molar-refractivity contribution is 8.06. The van der Waals surface area contributed by atoms with Crippen molar-refractivity contribution < 1.29 is 16.8 Å². The predicted octanol–water partition coefficient (Wildman–Crippen LogP) is -1.72. The summed E-state index contributed by atoms with van der Waals surface area (Å²) in [6.07, 6.45) is 1.82. The first-order chi connectivity index (χ1) is 8.24. The van der Waals surface area contributed by atoms with E-state index < -0.39 is 24.9 Å². The number of nitrogens with zero attached hydrogens (tertiary/aromatic N) is 2. The SMILES string of the molecule is CS(=O)(=O)CS(=O)(=O)N1CCN(CCCN)CC1. The van der Waals surface area contributed by atoms with Crippen LogP contribution in [0.2, 0.25) is 0 Å². The fourth-order valence-corrected chi connectivity index (χ4v) is 5.37. The third kappa shape index (κ3) is 5.19. The largest absolute Gasteiger partial charge is 0.330 e. The Hall–Kier alpha value is -0.220. The van der Waals surface area contributed by atoms with E-state index in [0.29, 0.717) is 32.7 Å². The van der Waals surface area contributed by atoms with E-state index in [2.05, 4.69) is 4.90 Å². The van der Waals surface area contributed by atoms with Gasteiger partial charge in [0.25, 0.3) is 0 Å². The number of piperazine rings is 1. The molecule has 0 bridgehead atoms. The normalized spacial score (nSPS) is 20.1. The second kappa shape index (κ2) is 6.29. The first-order valence-electron chi connectivity index (χ1n) is 5.82. The Balaban J connectivity index is 2.52. The maximum Gasteiger partial charge on any atom is 0.228 e. The maximum atomic E-state index is 11.8. The van der Waals surface area contributed by atoms with E-state index in [1.807, 2.05) is 0 Å². The van der Waals surface area contributed by atoms with Gasteiger partial charge in [-0.15, -0.1) is 0 Å². The van der Waals surface area contributed by atoms with Crippen molar-refractivity contribution in [2.75, 3.05) is 50.6 Å². The van der Waals surface area contributed by atoms with E-state index in [9.17, 15) is 16.8 Å². The molecular weight excluding hydrogens is 278 g/mol. The van der Waals surface area contributed by atoms with Crippen molar-refractivity contribution in [3.8, 4) is 0 Å². The van der Waals surface area contributed by atoms with Gasteiger partial charge in [-0.1, -0.05) is 0 Å². The number of hydrogen-bond donors (Lipinski definition) is 1. The number of sulfonamides is 1. The van der Waals surface area contributed by atoms with E-state index in [0.717, 1.165) is 19.2 Å². The Labute approximate surface area is 109 Å². The molecule has 0 saturated carbocycles. The van der Waals surface area contributed by atoms with Crippen LogP contribution in [0.1, 0.15) is 6.42 Å². The molecule has 0 amide bonds. The highest BCUT2D eigenvalue weighted by Crippen LogP contribution is 2.09. The molecule has 0 spiro atoms. The van der Waals surface area contributed by atoms with Crippen molar-refractivity contribution in [3.05, 3.63) is 0 Å². The zero-order valence-electron chi connectivity index (χ0n) is 10.6. The Morgan fingerprint density at radius 1 is 1.06 bits per heavy atom. The summed E-state index contributed by atoms with van der Waals surface area (Å²) in [5.74, 6) is 0. The van der Waals surface area contributed by atoms with E-state index in [4.69, 9.17) is 5.73 Å². The monoisotopic (exact) mass is 299 g/mol. The molecule has 1 fully saturated rings. The summed E-state index contributed by atoms with van der Waals surface area (Å²) in [7, 11) is -7.21. The van der Waals surface area contributed by atoms with Crippen LogP contribution in [0.15, 0.2) is 0 Å². The number of sulfone groups is 1. The van der Waals surface area contributed by atoms with Gasteiger partial charge in [-0.2, -0.15) is 4.31 Å². The minimum absolute atomic E-state index is 0.350. The lowest BCUT2D eigenvalue weighted by Gasteiger charge is -2.33. The molecule has 108 valence electrons. The Kier molecular flexibility index (Phi) is 5.53.